The van der Waals surface area contributed by atoms with Crippen molar-refractivity contribution in [1.82, 2.24) is 10.0 Å². The SMILES string of the molecule is CCNCCNS(=O)(=O)c1cc(C(C)C)ccc1Cl.Cl. The molecule has 0 aliphatic rings. The first kappa shape index (κ1) is 19.7. The first-order valence-corrected chi connectivity index (χ1v) is 8.24. The monoisotopic (exact) mass is 340 g/mol. The van der Waals surface area contributed by atoms with Crippen LogP contribution >= 0.6 is 24.0 Å². The van der Waals surface area contributed by atoms with Crippen LogP contribution in [0.25, 0.3) is 0 Å². The molecule has 20 heavy (non-hydrogen) atoms. The van der Waals surface area contributed by atoms with E-state index in [-0.39, 0.29) is 28.2 Å². The van der Waals surface area contributed by atoms with Crippen LogP contribution in [0, 0.1) is 0 Å². The first-order chi connectivity index (χ1) is 8.88. The van der Waals surface area contributed by atoms with Gasteiger partial charge in [-0.05, 0) is 30.2 Å². The Bertz CT molecular complexity index is 519. The van der Waals surface area contributed by atoms with Crippen LogP contribution < -0.4 is 10.0 Å². The summed E-state index contributed by atoms with van der Waals surface area (Å²) in [6.45, 7) is 7.74. The van der Waals surface area contributed by atoms with Gasteiger partial charge in [0.1, 0.15) is 4.90 Å². The number of hydrogen-bond donors (Lipinski definition) is 2. The molecule has 0 aliphatic carbocycles. The molecule has 1 aromatic carbocycles. The molecule has 0 amide bonds. The number of sulfonamides is 1. The molecule has 7 heteroatoms. The number of halogens is 2. The predicted molar refractivity (Wildman–Crippen MR) is 86.5 cm³/mol. The average molecular weight is 341 g/mol. The maximum absolute atomic E-state index is 12.2. The summed E-state index contributed by atoms with van der Waals surface area (Å²) in [5, 5.41) is 3.31. The van der Waals surface area contributed by atoms with Gasteiger partial charge in [-0.2, -0.15) is 0 Å². The van der Waals surface area contributed by atoms with E-state index in [4.69, 9.17) is 11.6 Å². The van der Waals surface area contributed by atoms with Crippen molar-refractivity contribution in [3.05, 3.63) is 28.8 Å². The Balaban J connectivity index is 0.00000361. The van der Waals surface area contributed by atoms with Gasteiger partial charge in [0.15, 0.2) is 0 Å². The lowest BCUT2D eigenvalue weighted by atomic mass is 10.0. The fourth-order valence-corrected chi connectivity index (χ4v) is 3.18. The van der Waals surface area contributed by atoms with Crippen LogP contribution in [0.1, 0.15) is 32.3 Å². The molecule has 116 valence electrons. The predicted octanol–water partition coefficient (Wildman–Crippen LogP) is 2.77. The van der Waals surface area contributed by atoms with E-state index in [0.717, 1.165) is 12.1 Å². The Morgan fingerprint density at radius 2 is 1.90 bits per heavy atom. The van der Waals surface area contributed by atoms with Crippen molar-refractivity contribution in [2.24, 2.45) is 0 Å². The summed E-state index contributed by atoms with van der Waals surface area (Å²) < 4.78 is 26.9. The second kappa shape index (κ2) is 8.85. The Morgan fingerprint density at radius 1 is 1.25 bits per heavy atom. The van der Waals surface area contributed by atoms with Crippen molar-refractivity contribution in [3.63, 3.8) is 0 Å². The fourth-order valence-electron chi connectivity index (χ4n) is 1.61. The highest BCUT2D eigenvalue weighted by atomic mass is 35.5. The normalized spacial score (nSPS) is 11.4. The van der Waals surface area contributed by atoms with Gasteiger partial charge in [0.05, 0.1) is 5.02 Å². The van der Waals surface area contributed by atoms with Crippen molar-refractivity contribution in [2.45, 2.75) is 31.6 Å². The Kier molecular flexibility index (Phi) is 8.70. The molecular formula is C13H22Cl2N2O2S. The highest BCUT2D eigenvalue weighted by molar-refractivity contribution is 7.89. The van der Waals surface area contributed by atoms with E-state index in [9.17, 15) is 8.42 Å². The minimum absolute atomic E-state index is 0. The summed E-state index contributed by atoms with van der Waals surface area (Å²) in [4.78, 5) is 0.150. The maximum atomic E-state index is 12.2. The number of benzene rings is 1. The van der Waals surface area contributed by atoms with Crippen LogP contribution in [0.15, 0.2) is 23.1 Å². The van der Waals surface area contributed by atoms with E-state index < -0.39 is 10.0 Å². The van der Waals surface area contributed by atoms with E-state index in [1.165, 1.54) is 0 Å². The summed E-state index contributed by atoms with van der Waals surface area (Å²) in [5.74, 6) is 0.257. The minimum Gasteiger partial charge on any atom is -0.316 e. The highest BCUT2D eigenvalue weighted by Crippen LogP contribution is 2.25. The van der Waals surface area contributed by atoms with Crippen LogP contribution in [0.2, 0.25) is 5.02 Å². The minimum atomic E-state index is -3.55. The fraction of sp³-hybridized carbons (Fsp3) is 0.538. The van der Waals surface area contributed by atoms with Gasteiger partial charge in [-0.25, -0.2) is 13.1 Å². The third-order valence-electron chi connectivity index (χ3n) is 2.76. The van der Waals surface area contributed by atoms with Crippen molar-refractivity contribution in [3.8, 4) is 0 Å². The zero-order chi connectivity index (χ0) is 14.5. The molecule has 0 aromatic heterocycles. The van der Waals surface area contributed by atoms with Crippen molar-refractivity contribution < 1.29 is 8.42 Å². The largest absolute Gasteiger partial charge is 0.316 e. The third kappa shape index (κ3) is 5.58. The maximum Gasteiger partial charge on any atom is 0.242 e. The van der Waals surface area contributed by atoms with Gasteiger partial charge in [0.2, 0.25) is 10.0 Å². The van der Waals surface area contributed by atoms with Crippen molar-refractivity contribution in [1.29, 1.82) is 0 Å². The molecule has 0 heterocycles. The summed E-state index contributed by atoms with van der Waals surface area (Å²) >= 11 is 5.99. The molecule has 0 saturated carbocycles. The molecule has 0 unspecified atom stereocenters. The zero-order valence-corrected chi connectivity index (χ0v) is 14.3. The molecule has 0 aliphatic heterocycles. The van der Waals surface area contributed by atoms with Crippen molar-refractivity contribution in [2.75, 3.05) is 19.6 Å². The number of likely N-dealkylation sites (N-methyl/N-ethyl adjacent to an activating group) is 1. The van der Waals surface area contributed by atoms with Gasteiger partial charge < -0.3 is 5.32 Å². The van der Waals surface area contributed by atoms with E-state index >= 15 is 0 Å². The molecule has 0 fully saturated rings. The van der Waals surface area contributed by atoms with Gasteiger partial charge in [-0.1, -0.05) is 38.4 Å². The smallest absolute Gasteiger partial charge is 0.242 e. The number of nitrogens with one attached hydrogen (secondary N) is 2. The van der Waals surface area contributed by atoms with Crippen LogP contribution in [0.3, 0.4) is 0 Å². The Labute approximate surface area is 132 Å². The lowest BCUT2D eigenvalue weighted by Crippen LogP contribution is -2.32. The number of rotatable bonds is 7. The quantitative estimate of drug-likeness (QED) is 0.750. The zero-order valence-electron chi connectivity index (χ0n) is 11.9. The summed E-state index contributed by atoms with van der Waals surface area (Å²) in [6, 6.07) is 5.13. The molecule has 0 bridgehead atoms. The molecule has 0 atom stereocenters. The lowest BCUT2D eigenvalue weighted by molar-refractivity contribution is 0.577. The van der Waals surface area contributed by atoms with Gasteiger partial charge in [0, 0.05) is 13.1 Å². The van der Waals surface area contributed by atoms with Crippen LogP contribution in [0.5, 0.6) is 0 Å². The van der Waals surface area contributed by atoms with E-state index in [1.807, 2.05) is 26.8 Å². The molecule has 1 rings (SSSR count). The Hall–Kier alpha value is -0.330. The molecule has 0 spiro atoms. The molecule has 1 aromatic rings. The van der Waals surface area contributed by atoms with Gasteiger partial charge in [-0.3, -0.25) is 0 Å². The summed E-state index contributed by atoms with van der Waals surface area (Å²) in [7, 11) is -3.55. The van der Waals surface area contributed by atoms with Gasteiger partial charge >= 0.3 is 0 Å². The van der Waals surface area contributed by atoms with Crippen LogP contribution in [-0.2, 0) is 10.0 Å². The van der Waals surface area contributed by atoms with Gasteiger partial charge in [0.25, 0.3) is 0 Å². The molecule has 2 N–H and O–H groups in total. The van der Waals surface area contributed by atoms with E-state index in [2.05, 4.69) is 10.0 Å². The molecule has 0 radical (unpaired) electrons. The first-order valence-electron chi connectivity index (χ1n) is 6.38. The topological polar surface area (TPSA) is 58.2 Å². The van der Waals surface area contributed by atoms with Crippen molar-refractivity contribution >= 4 is 34.0 Å². The van der Waals surface area contributed by atoms with Crippen LogP contribution in [0.4, 0.5) is 0 Å². The summed E-state index contributed by atoms with van der Waals surface area (Å²) in [5.41, 5.74) is 0.955. The number of hydrogen-bond acceptors (Lipinski definition) is 3. The summed E-state index contributed by atoms with van der Waals surface area (Å²) in [6.07, 6.45) is 0. The second-order valence-corrected chi connectivity index (χ2v) is 6.74. The van der Waals surface area contributed by atoms with E-state index in [0.29, 0.717) is 13.1 Å². The molecule has 4 nitrogen and oxygen atoms in total. The standard InChI is InChI=1S/C13H21ClN2O2S.ClH/c1-4-15-7-8-16-19(17,18)13-9-11(10(2)3)5-6-12(13)14;/h5-6,9-10,15-16H,4,7-8H2,1-3H3;1H. The third-order valence-corrected chi connectivity index (χ3v) is 4.70. The Morgan fingerprint density at radius 3 is 2.45 bits per heavy atom. The average Bonchev–Trinajstić information content (AvgIpc) is 2.34. The van der Waals surface area contributed by atoms with Crippen LogP contribution in [-0.4, -0.2) is 28.1 Å². The van der Waals surface area contributed by atoms with Gasteiger partial charge in [-0.15, -0.1) is 12.4 Å². The second-order valence-electron chi connectivity index (χ2n) is 4.60. The molecular weight excluding hydrogens is 319 g/mol. The lowest BCUT2D eigenvalue weighted by Gasteiger charge is -2.12. The highest BCUT2D eigenvalue weighted by Gasteiger charge is 2.18. The van der Waals surface area contributed by atoms with E-state index in [1.54, 1.807) is 12.1 Å². The molecule has 0 saturated heterocycles.